The van der Waals surface area contributed by atoms with E-state index in [0.29, 0.717) is 17.0 Å². The minimum Gasteiger partial charge on any atom is -0.497 e. The van der Waals surface area contributed by atoms with Gasteiger partial charge in [0.2, 0.25) is 0 Å². The van der Waals surface area contributed by atoms with E-state index in [4.69, 9.17) is 14.0 Å². The quantitative estimate of drug-likeness (QED) is 0.724. The van der Waals surface area contributed by atoms with Gasteiger partial charge in [-0.05, 0) is 30.7 Å². The number of methoxy groups -OCH3 is 2. The number of ether oxygens (including phenoxy) is 2. The average Bonchev–Trinajstić information content (AvgIpc) is 3.03. The van der Waals surface area contributed by atoms with Crippen LogP contribution in [-0.2, 0) is 11.3 Å². The second kappa shape index (κ2) is 7.84. The van der Waals surface area contributed by atoms with Crippen molar-refractivity contribution in [2.24, 2.45) is 0 Å². The summed E-state index contributed by atoms with van der Waals surface area (Å²) in [4.78, 5) is 12.7. The maximum atomic E-state index is 12.7. The van der Waals surface area contributed by atoms with Gasteiger partial charge in [-0.15, -0.1) is 0 Å². The lowest BCUT2D eigenvalue weighted by molar-refractivity contribution is 0.101. The molecule has 0 spiro atoms. The Kier molecular flexibility index (Phi) is 5.34. The Labute approximate surface area is 151 Å². The molecule has 26 heavy (non-hydrogen) atoms. The van der Waals surface area contributed by atoms with E-state index < -0.39 is 0 Å². The van der Waals surface area contributed by atoms with E-state index in [-0.39, 0.29) is 18.2 Å². The fraction of sp³-hybridized carbons (Fsp3) is 0.200. The number of carbonyl (C=O) groups is 1. The molecule has 6 nitrogen and oxygen atoms in total. The first kappa shape index (κ1) is 17.7. The molecule has 0 atom stereocenters. The zero-order chi connectivity index (χ0) is 18.5. The molecule has 1 amide bonds. The Morgan fingerprint density at radius 1 is 1.12 bits per heavy atom. The van der Waals surface area contributed by atoms with Crippen LogP contribution in [0.15, 0.2) is 53.1 Å². The Bertz CT molecular complexity index is 900. The zero-order valence-electron chi connectivity index (χ0n) is 14.9. The number of para-hydroxylation sites is 1. The van der Waals surface area contributed by atoms with Crippen LogP contribution in [0.25, 0.3) is 11.1 Å². The van der Waals surface area contributed by atoms with Crippen LogP contribution in [0.1, 0.15) is 21.8 Å². The molecule has 2 aromatic carbocycles. The minimum absolute atomic E-state index is 0.230. The Hall–Kier alpha value is -3.12. The van der Waals surface area contributed by atoms with E-state index in [1.807, 2.05) is 48.5 Å². The summed E-state index contributed by atoms with van der Waals surface area (Å²) in [5.74, 6) is 1.01. The maximum absolute atomic E-state index is 12.7. The molecule has 0 bridgehead atoms. The van der Waals surface area contributed by atoms with Gasteiger partial charge in [-0.2, -0.15) is 0 Å². The fourth-order valence-corrected chi connectivity index (χ4v) is 2.68. The van der Waals surface area contributed by atoms with Gasteiger partial charge in [0.25, 0.3) is 5.91 Å². The molecule has 1 heterocycles. The summed E-state index contributed by atoms with van der Waals surface area (Å²) in [6.45, 7) is 2.02. The number of benzene rings is 2. The second-order valence-corrected chi connectivity index (χ2v) is 5.73. The van der Waals surface area contributed by atoms with E-state index in [1.54, 1.807) is 21.1 Å². The molecule has 0 aliphatic heterocycles. The van der Waals surface area contributed by atoms with Crippen LogP contribution in [0, 0.1) is 6.92 Å². The molecule has 0 aliphatic rings. The number of nitrogens with zero attached hydrogens (tertiary/aromatic N) is 1. The van der Waals surface area contributed by atoms with Crippen molar-refractivity contribution in [3.05, 3.63) is 65.5 Å². The van der Waals surface area contributed by atoms with Crippen LogP contribution in [0.5, 0.6) is 5.75 Å². The van der Waals surface area contributed by atoms with Crippen molar-refractivity contribution >= 4 is 11.6 Å². The van der Waals surface area contributed by atoms with Gasteiger partial charge in [0.05, 0.1) is 19.3 Å². The van der Waals surface area contributed by atoms with E-state index in [2.05, 4.69) is 10.5 Å². The van der Waals surface area contributed by atoms with E-state index in [0.717, 1.165) is 16.9 Å². The highest BCUT2D eigenvalue weighted by Crippen LogP contribution is 2.30. The van der Waals surface area contributed by atoms with E-state index >= 15 is 0 Å². The van der Waals surface area contributed by atoms with Crippen LogP contribution in [0.2, 0.25) is 0 Å². The van der Waals surface area contributed by atoms with Crippen molar-refractivity contribution in [3.8, 4) is 16.9 Å². The summed E-state index contributed by atoms with van der Waals surface area (Å²) in [6, 6.07) is 15.2. The number of amides is 1. The van der Waals surface area contributed by atoms with Crippen LogP contribution >= 0.6 is 0 Å². The molecule has 0 aliphatic carbocycles. The molecular weight excluding hydrogens is 332 g/mol. The highest BCUT2D eigenvalue weighted by atomic mass is 16.5. The summed E-state index contributed by atoms with van der Waals surface area (Å²) in [7, 11) is 3.19. The molecule has 0 saturated carbocycles. The van der Waals surface area contributed by atoms with Gasteiger partial charge in [-0.1, -0.05) is 35.5 Å². The molecule has 0 fully saturated rings. The summed E-state index contributed by atoms with van der Waals surface area (Å²) in [5, 5.41) is 6.79. The molecule has 0 radical (unpaired) electrons. The van der Waals surface area contributed by atoms with Crippen molar-refractivity contribution in [3.63, 3.8) is 0 Å². The van der Waals surface area contributed by atoms with E-state index in [9.17, 15) is 4.79 Å². The molecule has 6 heteroatoms. The predicted octanol–water partition coefficient (Wildman–Crippen LogP) is 4.06. The third-order valence-electron chi connectivity index (χ3n) is 4.06. The van der Waals surface area contributed by atoms with Gasteiger partial charge < -0.3 is 19.3 Å². The molecule has 3 rings (SSSR count). The van der Waals surface area contributed by atoms with Gasteiger partial charge in [-0.25, -0.2) is 0 Å². The van der Waals surface area contributed by atoms with Gasteiger partial charge in [0.15, 0.2) is 5.69 Å². The number of carbonyl (C=O) groups excluding carboxylic acids is 1. The molecule has 1 N–H and O–H groups in total. The number of aryl methyl sites for hydroxylation is 1. The van der Waals surface area contributed by atoms with Gasteiger partial charge in [0, 0.05) is 18.4 Å². The lowest BCUT2D eigenvalue weighted by Crippen LogP contribution is -2.15. The van der Waals surface area contributed by atoms with Crippen LogP contribution < -0.4 is 10.1 Å². The average molecular weight is 352 g/mol. The molecule has 3 aromatic rings. The number of hydrogen-bond acceptors (Lipinski definition) is 5. The lowest BCUT2D eigenvalue weighted by Gasteiger charge is -2.11. The number of nitrogens with one attached hydrogen (secondary N) is 1. The Balaban J connectivity index is 1.90. The summed E-state index contributed by atoms with van der Waals surface area (Å²) in [6.07, 6.45) is 0. The monoisotopic (exact) mass is 352 g/mol. The van der Waals surface area contributed by atoms with Gasteiger partial charge >= 0.3 is 0 Å². The van der Waals surface area contributed by atoms with Crippen LogP contribution in [0.4, 0.5) is 5.69 Å². The topological polar surface area (TPSA) is 73.6 Å². The van der Waals surface area contributed by atoms with Gasteiger partial charge in [0.1, 0.15) is 11.5 Å². The largest absolute Gasteiger partial charge is 0.497 e. The van der Waals surface area contributed by atoms with E-state index in [1.165, 1.54) is 0 Å². The number of aromatic nitrogens is 1. The SMILES string of the molecule is COCc1c(C(=O)Nc2ccccc2-c2ccc(OC)cc2)noc1C. The highest BCUT2D eigenvalue weighted by molar-refractivity contribution is 6.06. The van der Waals surface area contributed by atoms with Crippen LogP contribution in [0.3, 0.4) is 0 Å². The highest BCUT2D eigenvalue weighted by Gasteiger charge is 2.20. The molecule has 0 unspecified atom stereocenters. The summed E-state index contributed by atoms with van der Waals surface area (Å²) in [5.41, 5.74) is 3.43. The Morgan fingerprint density at radius 3 is 2.54 bits per heavy atom. The number of hydrogen-bond donors (Lipinski definition) is 1. The predicted molar refractivity (Wildman–Crippen MR) is 98.3 cm³/mol. The minimum atomic E-state index is -0.338. The molecule has 134 valence electrons. The first-order valence-electron chi connectivity index (χ1n) is 8.13. The Morgan fingerprint density at radius 2 is 1.85 bits per heavy atom. The second-order valence-electron chi connectivity index (χ2n) is 5.73. The fourth-order valence-electron chi connectivity index (χ4n) is 2.68. The molecule has 0 saturated heterocycles. The smallest absolute Gasteiger partial charge is 0.278 e. The summed E-state index contributed by atoms with van der Waals surface area (Å²) < 4.78 is 15.5. The first-order chi connectivity index (χ1) is 12.6. The first-order valence-corrected chi connectivity index (χ1v) is 8.13. The standard InChI is InChI=1S/C20H20N2O4/c1-13-17(12-24-2)19(22-26-13)20(23)21-18-7-5-4-6-16(18)14-8-10-15(25-3)11-9-14/h4-11H,12H2,1-3H3,(H,21,23). The van der Waals surface area contributed by atoms with Crippen molar-refractivity contribution in [1.82, 2.24) is 5.16 Å². The van der Waals surface area contributed by atoms with Crippen molar-refractivity contribution < 1.29 is 18.8 Å². The molecule has 1 aromatic heterocycles. The molecular formula is C20H20N2O4. The number of rotatable bonds is 6. The number of anilines is 1. The lowest BCUT2D eigenvalue weighted by atomic mass is 10.0. The third kappa shape index (κ3) is 3.60. The van der Waals surface area contributed by atoms with Crippen molar-refractivity contribution in [1.29, 1.82) is 0 Å². The zero-order valence-corrected chi connectivity index (χ0v) is 14.9. The van der Waals surface area contributed by atoms with Crippen LogP contribution in [-0.4, -0.2) is 25.3 Å². The summed E-state index contributed by atoms with van der Waals surface area (Å²) >= 11 is 0. The maximum Gasteiger partial charge on any atom is 0.278 e. The van der Waals surface area contributed by atoms with Crippen molar-refractivity contribution in [2.45, 2.75) is 13.5 Å². The van der Waals surface area contributed by atoms with Crippen molar-refractivity contribution in [2.75, 3.05) is 19.5 Å². The normalized spacial score (nSPS) is 10.6. The van der Waals surface area contributed by atoms with Gasteiger partial charge in [-0.3, -0.25) is 4.79 Å². The third-order valence-corrected chi connectivity index (χ3v) is 4.06.